The Morgan fingerprint density at radius 3 is 2.54 bits per heavy atom. The summed E-state index contributed by atoms with van der Waals surface area (Å²) in [6.45, 7) is 6.09. The second-order valence-electron chi connectivity index (χ2n) is 13.7. The smallest absolute Gasteiger partial charge is 0.410 e. The van der Waals surface area contributed by atoms with Crippen molar-refractivity contribution in [3.8, 4) is 5.75 Å². The molecule has 2 aromatic carbocycles. The molecule has 3 aliphatic rings. The van der Waals surface area contributed by atoms with Crippen LogP contribution in [0.4, 0.5) is 16.2 Å². The first-order valence-corrected chi connectivity index (χ1v) is 18.6. The average Bonchev–Trinajstić information content (AvgIpc) is 3.48. The van der Waals surface area contributed by atoms with Gasteiger partial charge in [0, 0.05) is 72.8 Å². The minimum Gasteiger partial charge on any atom is -0.495 e. The van der Waals surface area contributed by atoms with E-state index < -0.39 is 30.1 Å². The van der Waals surface area contributed by atoms with E-state index in [4.69, 9.17) is 19.9 Å². The van der Waals surface area contributed by atoms with Crippen LogP contribution in [0.1, 0.15) is 65.8 Å². The fraction of sp³-hybridized carbons (Fsp3) is 0.514. The van der Waals surface area contributed by atoms with E-state index in [0.29, 0.717) is 47.0 Å². The van der Waals surface area contributed by atoms with Crippen LogP contribution in [0.25, 0.3) is 0 Å². The Labute approximate surface area is 319 Å². The monoisotopic (exact) mass is 767 g/mol. The predicted molar refractivity (Wildman–Crippen MR) is 202 cm³/mol. The van der Waals surface area contributed by atoms with Crippen molar-refractivity contribution in [1.82, 2.24) is 25.3 Å². The number of carbonyl (C=O) groups is 6. The van der Waals surface area contributed by atoms with Gasteiger partial charge < -0.3 is 40.4 Å². The molecular weight excluding hydrogens is 719 g/mol. The van der Waals surface area contributed by atoms with E-state index in [1.54, 1.807) is 50.2 Å². The molecule has 0 aromatic heterocycles. The fourth-order valence-electron chi connectivity index (χ4n) is 6.53. The molecule has 0 aliphatic carbocycles. The van der Waals surface area contributed by atoms with Crippen LogP contribution in [-0.2, 0) is 30.4 Å². The summed E-state index contributed by atoms with van der Waals surface area (Å²) in [5, 5.41) is 7.95. The second-order valence-corrected chi connectivity index (χ2v) is 14.5. The zero-order valence-corrected chi connectivity index (χ0v) is 31.7. The summed E-state index contributed by atoms with van der Waals surface area (Å²) < 4.78 is 16.7. The number of ether oxygens (including phenoxy) is 3. The molecule has 54 heavy (non-hydrogen) atoms. The standard InChI is InChI=1S/C37H49N7O9S/c1-22(23(2)54)53-37(50)43(16-18-52-17-15-42-13-11-25(12-14-42)39-34(47)24-7-8-28(38)31(19-24)51-3)21-33(46)40-29-6-4-5-26-27(29)20-44(36(26)49)30-9-10-32(45)41-35(30)48/h4-8,19,22-23,25,30,54H,9-18,20-21,38H2,1-3H3,(H,39,47)(H,40,46)(H,41,45,48). The van der Waals surface area contributed by atoms with Gasteiger partial charge in [-0.05, 0) is 63.4 Å². The number of amides is 6. The number of carbonyl (C=O) groups excluding carboxylic acids is 6. The maximum atomic E-state index is 13.4. The molecule has 0 saturated carbocycles. The van der Waals surface area contributed by atoms with Crippen molar-refractivity contribution in [3.63, 3.8) is 0 Å². The molecule has 5 rings (SSSR count). The van der Waals surface area contributed by atoms with Crippen molar-refractivity contribution in [3.05, 3.63) is 53.1 Å². The summed E-state index contributed by atoms with van der Waals surface area (Å²) in [5.41, 5.74) is 8.10. The number of thiol groups is 1. The van der Waals surface area contributed by atoms with Gasteiger partial charge in [0.25, 0.3) is 11.8 Å². The number of benzene rings is 2. The lowest BCUT2D eigenvalue weighted by atomic mass is 10.0. The van der Waals surface area contributed by atoms with Crippen LogP contribution in [-0.4, -0.2) is 127 Å². The lowest BCUT2D eigenvalue weighted by Gasteiger charge is -2.32. The molecular formula is C37H49N7O9S. The number of nitrogens with two attached hydrogens (primary N) is 1. The van der Waals surface area contributed by atoms with Gasteiger partial charge in [-0.25, -0.2) is 4.79 Å². The number of hydrogen-bond acceptors (Lipinski definition) is 12. The van der Waals surface area contributed by atoms with Crippen molar-refractivity contribution in [1.29, 1.82) is 0 Å². The van der Waals surface area contributed by atoms with E-state index in [2.05, 4.69) is 33.5 Å². The van der Waals surface area contributed by atoms with E-state index in [1.165, 1.54) is 16.9 Å². The first-order valence-electron chi connectivity index (χ1n) is 18.1. The Hall–Kier alpha value is -4.87. The van der Waals surface area contributed by atoms with E-state index in [-0.39, 0.29) is 68.1 Å². The molecule has 0 spiro atoms. The summed E-state index contributed by atoms with van der Waals surface area (Å²) in [7, 11) is 1.51. The number of likely N-dealkylation sites (tertiary alicyclic amines) is 1. The molecule has 292 valence electrons. The maximum absolute atomic E-state index is 13.4. The molecule has 5 N–H and O–H groups in total. The topological polar surface area (TPSA) is 202 Å². The van der Waals surface area contributed by atoms with Gasteiger partial charge in [0.05, 0.1) is 26.0 Å². The van der Waals surface area contributed by atoms with Crippen LogP contribution >= 0.6 is 12.6 Å². The Kier molecular flexibility index (Phi) is 13.8. The minimum absolute atomic E-state index is 0.0352. The highest BCUT2D eigenvalue weighted by Crippen LogP contribution is 2.32. The van der Waals surface area contributed by atoms with Crippen LogP contribution in [0.3, 0.4) is 0 Å². The normalized spacial score (nSPS) is 18.7. The van der Waals surface area contributed by atoms with E-state index >= 15 is 0 Å². The Morgan fingerprint density at radius 1 is 1.07 bits per heavy atom. The number of imide groups is 1. The van der Waals surface area contributed by atoms with Crippen molar-refractivity contribution in [2.75, 3.05) is 64.1 Å². The molecule has 2 aromatic rings. The van der Waals surface area contributed by atoms with Gasteiger partial charge in [0.1, 0.15) is 24.4 Å². The maximum Gasteiger partial charge on any atom is 0.410 e. The first kappa shape index (κ1) is 40.3. The zero-order chi connectivity index (χ0) is 38.9. The quantitative estimate of drug-likeness (QED) is 0.0769. The van der Waals surface area contributed by atoms with E-state index in [0.717, 1.165) is 25.9 Å². The molecule has 3 atom stereocenters. The molecule has 6 amide bonds. The van der Waals surface area contributed by atoms with Crippen molar-refractivity contribution in [2.45, 2.75) is 69.5 Å². The van der Waals surface area contributed by atoms with Gasteiger partial charge in [-0.1, -0.05) is 6.07 Å². The van der Waals surface area contributed by atoms with Crippen LogP contribution in [0.5, 0.6) is 5.75 Å². The van der Waals surface area contributed by atoms with Crippen LogP contribution in [0.2, 0.25) is 0 Å². The summed E-state index contributed by atoms with van der Waals surface area (Å²) in [6, 6.07) is 9.11. The molecule has 2 fully saturated rings. The third-order valence-corrected chi connectivity index (χ3v) is 10.3. The third-order valence-electron chi connectivity index (χ3n) is 9.89. The molecule has 3 aliphatic heterocycles. The Morgan fingerprint density at radius 2 is 1.83 bits per heavy atom. The number of hydrogen-bond donors (Lipinski definition) is 5. The van der Waals surface area contributed by atoms with Crippen LogP contribution in [0, 0.1) is 0 Å². The van der Waals surface area contributed by atoms with Gasteiger partial charge in [-0.2, -0.15) is 12.6 Å². The second kappa shape index (κ2) is 18.4. The summed E-state index contributed by atoms with van der Waals surface area (Å²) in [5.74, 6) is -1.49. The average molecular weight is 768 g/mol. The molecule has 16 nitrogen and oxygen atoms in total. The highest BCUT2D eigenvalue weighted by Gasteiger charge is 2.40. The highest BCUT2D eigenvalue weighted by molar-refractivity contribution is 7.81. The summed E-state index contributed by atoms with van der Waals surface area (Å²) >= 11 is 4.36. The van der Waals surface area contributed by atoms with E-state index in [9.17, 15) is 28.8 Å². The summed E-state index contributed by atoms with van der Waals surface area (Å²) in [4.78, 5) is 81.6. The highest BCUT2D eigenvalue weighted by atomic mass is 32.1. The molecule has 2 saturated heterocycles. The molecule has 0 radical (unpaired) electrons. The zero-order valence-electron chi connectivity index (χ0n) is 30.8. The van der Waals surface area contributed by atoms with Gasteiger partial charge in [-0.15, -0.1) is 0 Å². The van der Waals surface area contributed by atoms with Crippen molar-refractivity contribution in [2.24, 2.45) is 0 Å². The first-order chi connectivity index (χ1) is 25.8. The van der Waals surface area contributed by atoms with Gasteiger partial charge in [-0.3, -0.25) is 34.2 Å². The van der Waals surface area contributed by atoms with Gasteiger partial charge in [0.2, 0.25) is 17.7 Å². The molecule has 17 heteroatoms. The number of anilines is 2. The Bertz CT molecular complexity index is 1730. The molecule has 3 heterocycles. The van der Waals surface area contributed by atoms with Crippen LogP contribution in [0.15, 0.2) is 36.4 Å². The van der Waals surface area contributed by atoms with Crippen molar-refractivity contribution < 1.29 is 43.0 Å². The number of methoxy groups -OCH3 is 1. The number of nitrogens with zero attached hydrogens (tertiary/aromatic N) is 3. The lowest BCUT2D eigenvalue weighted by molar-refractivity contribution is -0.137. The fourth-order valence-corrected chi connectivity index (χ4v) is 6.59. The van der Waals surface area contributed by atoms with Gasteiger partial charge in [0.15, 0.2) is 0 Å². The Balaban J connectivity index is 1.09. The largest absolute Gasteiger partial charge is 0.495 e. The number of nitrogens with one attached hydrogen (secondary N) is 3. The predicted octanol–water partition coefficient (Wildman–Crippen LogP) is 2.03. The van der Waals surface area contributed by atoms with Gasteiger partial charge >= 0.3 is 6.09 Å². The molecule has 0 bridgehead atoms. The number of nitrogen functional groups attached to an aromatic ring is 1. The molecule has 3 unspecified atom stereocenters. The van der Waals surface area contributed by atoms with E-state index in [1.807, 2.05) is 0 Å². The SMILES string of the molecule is COc1cc(C(=O)NC2CCN(CCOCCN(CC(=O)Nc3cccc4c3CN(C3CCC(=O)NC3=O)C4=O)C(=O)OC(C)C(C)S)CC2)ccc1N. The number of fused-ring (bicyclic) bond motifs is 1. The van der Waals surface area contributed by atoms with Crippen molar-refractivity contribution >= 4 is 59.6 Å². The number of piperidine rings is 2. The third kappa shape index (κ3) is 10.2. The minimum atomic E-state index is -0.793. The summed E-state index contributed by atoms with van der Waals surface area (Å²) in [6.07, 6.45) is 0.695. The number of rotatable bonds is 15. The van der Waals surface area contributed by atoms with Crippen LogP contribution < -0.4 is 26.4 Å². The lowest BCUT2D eigenvalue weighted by Crippen LogP contribution is -2.52.